The molecule has 0 fully saturated rings. The number of hydrogen-bond acceptors (Lipinski definition) is 4. The van der Waals surface area contributed by atoms with Gasteiger partial charge in [-0.3, -0.25) is 9.48 Å². The summed E-state index contributed by atoms with van der Waals surface area (Å²) in [6, 6.07) is 5.92. The largest absolute Gasteiger partial charge is 0.464 e. The van der Waals surface area contributed by atoms with Crippen LogP contribution in [0.2, 0.25) is 0 Å². The van der Waals surface area contributed by atoms with E-state index in [9.17, 15) is 14.0 Å². The first-order chi connectivity index (χ1) is 11.5. The lowest BCUT2D eigenvalue weighted by atomic mass is 10.0. The average molecular weight is 331 g/mol. The molecule has 0 atom stereocenters. The van der Waals surface area contributed by atoms with Crippen LogP contribution in [0.5, 0.6) is 0 Å². The minimum Gasteiger partial charge on any atom is -0.464 e. The number of aromatic nitrogens is 2. The van der Waals surface area contributed by atoms with Crippen LogP contribution in [0.1, 0.15) is 27.3 Å². The summed E-state index contributed by atoms with van der Waals surface area (Å²) < 4.78 is 19.3. The van der Waals surface area contributed by atoms with Gasteiger partial charge in [-0.2, -0.15) is 5.10 Å². The summed E-state index contributed by atoms with van der Waals surface area (Å²) in [5, 5.41) is 4.21. The number of carbonyl (C=O) groups is 2. The van der Waals surface area contributed by atoms with Crippen LogP contribution in [0.15, 0.2) is 24.3 Å². The Morgan fingerprint density at radius 2 is 2.00 bits per heavy atom. The van der Waals surface area contributed by atoms with E-state index >= 15 is 0 Å². The molecule has 0 aliphatic carbocycles. The van der Waals surface area contributed by atoms with Gasteiger partial charge < -0.3 is 9.64 Å². The number of fused-ring (bicyclic) bond motifs is 1. The topological polar surface area (TPSA) is 64.4 Å². The molecular formula is C17H18FN3O3. The minimum absolute atomic E-state index is 0.0342. The summed E-state index contributed by atoms with van der Waals surface area (Å²) in [5.74, 6) is -0.815. The Morgan fingerprint density at radius 3 is 2.67 bits per heavy atom. The van der Waals surface area contributed by atoms with Crippen molar-refractivity contribution in [3.63, 3.8) is 0 Å². The molecule has 0 saturated heterocycles. The van der Waals surface area contributed by atoms with E-state index in [4.69, 9.17) is 4.74 Å². The summed E-state index contributed by atoms with van der Waals surface area (Å²) in [7, 11) is 3.07. The van der Waals surface area contributed by atoms with Crippen LogP contribution in [-0.4, -0.2) is 40.2 Å². The summed E-state index contributed by atoms with van der Waals surface area (Å²) in [6.07, 6.45) is 0.778. The first kappa shape index (κ1) is 16.2. The van der Waals surface area contributed by atoms with Crippen molar-refractivity contribution < 1.29 is 18.7 Å². The van der Waals surface area contributed by atoms with Crippen molar-refractivity contribution in [1.29, 1.82) is 0 Å². The Labute approximate surface area is 138 Å². The maximum absolute atomic E-state index is 12.9. The van der Waals surface area contributed by atoms with Crippen molar-refractivity contribution in [2.24, 2.45) is 7.05 Å². The summed E-state index contributed by atoms with van der Waals surface area (Å²) in [6.45, 7) is 0.915. The van der Waals surface area contributed by atoms with Crippen LogP contribution in [0.3, 0.4) is 0 Å². The molecule has 1 amide bonds. The number of halogens is 1. The Kier molecular flexibility index (Phi) is 4.33. The predicted molar refractivity (Wildman–Crippen MR) is 83.8 cm³/mol. The molecule has 0 saturated carbocycles. The smallest absolute Gasteiger partial charge is 0.358 e. The highest BCUT2D eigenvalue weighted by Gasteiger charge is 2.29. The molecule has 24 heavy (non-hydrogen) atoms. The van der Waals surface area contributed by atoms with Gasteiger partial charge >= 0.3 is 5.97 Å². The number of hydrogen-bond donors (Lipinski definition) is 0. The molecule has 0 spiro atoms. The molecule has 0 N–H and O–H groups in total. The van der Waals surface area contributed by atoms with Gasteiger partial charge in [0.05, 0.1) is 25.8 Å². The summed E-state index contributed by atoms with van der Waals surface area (Å²) in [5.41, 5.74) is 2.78. The van der Waals surface area contributed by atoms with E-state index in [1.54, 1.807) is 28.8 Å². The zero-order valence-corrected chi connectivity index (χ0v) is 13.6. The Morgan fingerprint density at radius 1 is 1.29 bits per heavy atom. The predicted octanol–water partition coefficient (Wildman–Crippen LogP) is 1.47. The monoisotopic (exact) mass is 331 g/mol. The maximum Gasteiger partial charge on any atom is 0.358 e. The molecule has 1 aromatic carbocycles. The van der Waals surface area contributed by atoms with Crippen molar-refractivity contribution >= 4 is 11.9 Å². The SMILES string of the molecule is COC(=O)c1nn(C)c2c1CCN(C(=O)Cc1ccc(F)cc1)C2. The van der Waals surface area contributed by atoms with Crippen LogP contribution in [0.25, 0.3) is 0 Å². The van der Waals surface area contributed by atoms with Crippen molar-refractivity contribution in [3.05, 3.63) is 52.6 Å². The van der Waals surface area contributed by atoms with Crippen LogP contribution in [0, 0.1) is 5.82 Å². The number of nitrogens with zero attached hydrogens (tertiary/aromatic N) is 3. The highest BCUT2D eigenvalue weighted by atomic mass is 19.1. The highest BCUT2D eigenvalue weighted by Crippen LogP contribution is 2.23. The van der Waals surface area contributed by atoms with Gasteiger partial charge in [-0.15, -0.1) is 0 Å². The number of benzene rings is 1. The highest BCUT2D eigenvalue weighted by molar-refractivity contribution is 5.89. The quantitative estimate of drug-likeness (QED) is 0.799. The van der Waals surface area contributed by atoms with Crippen molar-refractivity contribution in [2.75, 3.05) is 13.7 Å². The van der Waals surface area contributed by atoms with E-state index in [2.05, 4.69) is 5.10 Å². The van der Waals surface area contributed by atoms with Gasteiger partial charge in [-0.25, -0.2) is 9.18 Å². The number of carbonyl (C=O) groups excluding carboxylic acids is 2. The molecule has 6 nitrogen and oxygen atoms in total. The Balaban J connectivity index is 1.75. The molecule has 3 rings (SSSR count). The Hall–Kier alpha value is -2.70. The zero-order valence-electron chi connectivity index (χ0n) is 13.6. The van der Waals surface area contributed by atoms with E-state index < -0.39 is 5.97 Å². The van der Waals surface area contributed by atoms with Gasteiger partial charge in [0.25, 0.3) is 0 Å². The van der Waals surface area contributed by atoms with Crippen molar-refractivity contribution in [1.82, 2.24) is 14.7 Å². The lowest BCUT2D eigenvalue weighted by Crippen LogP contribution is -2.37. The van der Waals surface area contributed by atoms with E-state index in [0.29, 0.717) is 25.2 Å². The molecule has 1 aliphatic heterocycles. The van der Waals surface area contributed by atoms with E-state index in [1.807, 2.05) is 0 Å². The van der Waals surface area contributed by atoms with Crippen molar-refractivity contribution in [3.8, 4) is 0 Å². The number of amides is 1. The first-order valence-corrected chi connectivity index (χ1v) is 7.65. The van der Waals surface area contributed by atoms with Gasteiger partial charge in [0, 0.05) is 19.2 Å². The fourth-order valence-electron chi connectivity index (χ4n) is 2.93. The van der Waals surface area contributed by atoms with Gasteiger partial charge in [-0.1, -0.05) is 12.1 Å². The lowest BCUT2D eigenvalue weighted by molar-refractivity contribution is -0.131. The zero-order chi connectivity index (χ0) is 17.3. The Bertz CT molecular complexity index is 783. The molecule has 1 aromatic heterocycles. The van der Waals surface area contributed by atoms with Gasteiger partial charge in [-0.05, 0) is 24.1 Å². The van der Waals surface area contributed by atoms with Crippen molar-refractivity contribution in [2.45, 2.75) is 19.4 Å². The maximum atomic E-state index is 12.9. The molecule has 126 valence electrons. The third-order valence-corrected chi connectivity index (χ3v) is 4.25. The number of esters is 1. The third-order valence-electron chi connectivity index (χ3n) is 4.25. The average Bonchev–Trinajstić information content (AvgIpc) is 2.92. The fraction of sp³-hybridized carbons (Fsp3) is 0.353. The molecule has 2 aromatic rings. The third kappa shape index (κ3) is 3.02. The van der Waals surface area contributed by atoms with Crippen LogP contribution in [-0.2, 0) is 36.0 Å². The molecular weight excluding hydrogens is 313 g/mol. The molecule has 7 heteroatoms. The van der Waals surface area contributed by atoms with Gasteiger partial charge in [0.2, 0.25) is 5.91 Å². The molecule has 2 heterocycles. The number of ether oxygens (including phenoxy) is 1. The summed E-state index contributed by atoms with van der Waals surface area (Å²) in [4.78, 5) is 26.0. The normalized spacial score (nSPS) is 13.5. The lowest BCUT2D eigenvalue weighted by Gasteiger charge is -2.27. The molecule has 0 radical (unpaired) electrons. The molecule has 1 aliphatic rings. The second-order valence-corrected chi connectivity index (χ2v) is 5.76. The number of methoxy groups -OCH3 is 1. The van der Waals surface area contributed by atoms with E-state index in [-0.39, 0.29) is 18.1 Å². The van der Waals surface area contributed by atoms with Crippen LogP contribution < -0.4 is 0 Å². The minimum atomic E-state index is -0.460. The standard InChI is InChI=1S/C17H18FN3O3/c1-20-14-10-21(8-7-13(14)16(19-20)17(23)24-2)15(22)9-11-3-5-12(18)6-4-11/h3-6H,7-10H2,1-2H3. The van der Waals surface area contributed by atoms with Gasteiger partial charge in [0.15, 0.2) is 5.69 Å². The van der Waals surface area contributed by atoms with Gasteiger partial charge in [0.1, 0.15) is 5.82 Å². The number of aryl methyl sites for hydroxylation is 1. The molecule has 0 bridgehead atoms. The molecule has 0 unspecified atom stereocenters. The van der Waals surface area contributed by atoms with E-state index in [0.717, 1.165) is 16.8 Å². The van der Waals surface area contributed by atoms with E-state index in [1.165, 1.54) is 19.2 Å². The second kappa shape index (κ2) is 6.43. The fourth-order valence-corrected chi connectivity index (χ4v) is 2.93. The summed E-state index contributed by atoms with van der Waals surface area (Å²) >= 11 is 0. The van der Waals surface area contributed by atoms with Crippen LogP contribution >= 0.6 is 0 Å². The second-order valence-electron chi connectivity index (χ2n) is 5.76. The number of rotatable bonds is 3. The van der Waals surface area contributed by atoms with Crippen LogP contribution in [0.4, 0.5) is 4.39 Å². The first-order valence-electron chi connectivity index (χ1n) is 7.65.